The average molecular weight is 292 g/mol. The number of carbonyl (C=O) groups excluding carboxylic acids is 3. The molecule has 1 aromatic rings. The van der Waals surface area contributed by atoms with E-state index in [1.54, 1.807) is 25.1 Å². The summed E-state index contributed by atoms with van der Waals surface area (Å²) in [6.45, 7) is 3.00. The normalized spacial score (nSPS) is 10.9. The minimum absolute atomic E-state index is 0.0556. The number of aryl methyl sites for hydroxylation is 1. The number of methoxy groups -OCH3 is 1. The summed E-state index contributed by atoms with van der Waals surface area (Å²) in [7, 11) is 1.20. The van der Waals surface area contributed by atoms with Crippen molar-refractivity contribution < 1.29 is 24.3 Å². The van der Waals surface area contributed by atoms with Gasteiger partial charge in [-0.1, -0.05) is 11.2 Å². The Morgan fingerprint density at radius 1 is 1.33 bits per heavy atom. The van der Waals surface area contributed by atoms with Crippen LogP contribution in [0.3, 0.4) is 0 Å². The molecule has 0 saturated carbocycles. The molecular formula is C14H16N2O5. The number of nitrogens with zero attached hydrogens (tertiary/aromatic N) is 1. The molecule has 0 aromatic heterocycles. The minimum atomic E-state index is -0.632. The molecule has 1 rings (SSSR count). The van der Waals surface area contributed by atoms with Gasteiger partial charge in [0.15, 0.2) is 11.5 Å². The number of nitrogens with one attached hydrogen (secondary N) is 1. The summed E-state index contributed by atoms with van der Waals surface area (Å²) in [4.78, 5) is 33.9. The highest BCUT2D eigenvalue weighted by molar-refractivity contribution is 6.45. The van der Waals surface area contributed by atoms with Crippen molar-refractivity contribution in [2.75, 3.05) is 12.4 Å². The van der Waals surface area contributed by atoms with E-state index in [4.69, 9.17) is 5.21 Å². The fourth-order valence-corrected chi connectivity index (χ4v) is 1.73. The predicted octanol–water partition coefficient (Wildman–Crippen LogP) is 1.26. The van der Waals surface area contributed by atoms with Gasteiger partial charge in [0.05, 0.1) is 7.11 Å². The van der Waals surface area contributed by atoms with Gasteiger partial charge in [0, 0.05) is 18.2 Å². The van der Waals surface area contributed by atoms with Gasteiger partial charge in [0.2, 0.25) is 5.91 Å². The molecular weight excluding hydrogens is 276 g/mol. The average Bonchev–Trinajstić information content (AvgIpc) is 2.41. The predicted molar refractivity (Wildman–Crippen MR) is 75.4 cm³/mol. The summed E-state index contributed by atoms with van der Waals surface area (Å²) in [5, 5.41) is 14.4. The van der Waals surface area contributed by atoms with Gasteiger partial charge in [-0.25, -0.2) is 0 Å². The minimum Gasteiger partial charge on any atom is -0.469 e. The number of carbonyl (C=O) groups is 3. The van der Waals surface area contributed by atoms with Gasteiger partial charge >= 0.3 is 5.97 Å². The zero-order chi connectivity index (χ0) is 16.0. The van der Waals surface area contributed by atoms with Crippen LogP contribution in [-0.4, -0.2) is 35.7 Å². The quantitative estimate of drug-likeness (QED) is 0.279. The van der Waals surface area contributed by atoms with E-state index in [1.165, 1.54) is 14.0 Å². The van der Waals surface area contributed by atoms with E-state index in [0.29, 0.717) is 16.8 Å². The molecule has 1 amide bonds. The molecule has 0 saturated heterocycles. The maximum absolute atomic E-state index is 11.5. The molecule has 112 valence electrons. The van der Waals surface area contributed by atoms with Crippen LogP contribution in [0.4, 0.5) is 5.69 Å². The molecule has 0 unspecified atom stereocenters. The number of ketones is 1. The summed E-state index contributed by atoms with van der Waals surface area (Å²) in [5.41, 5.74) is 1.52. The van der Waals surface area contributed by atoms with E-state index in [9.17, 15) is 14.4 Å². The van der Waals surface area contributed by atoms with Crippen molar-refractivity contribution in [1.29, 1.82) is 0 Å². The summed E-state index contributed by atoms with van der Waals surface area (Å²) < 4.78 is 4.39. The summed E-state index contributed by atoms with van der Waals surface area (Å²) in [5.74, 6) is -1.51. The third-order valence-corrected chi connectivity index (χ3v) is 2.73. The number of amides is 1. The highest BCUT2D eigenvalue weighted by Gasteiger charge is 2.14. The van der Waals surface area contributed by atoms with Crippen molar-refractivity contribution in [3.8, 4) is 0 Å². The molecule has 2 N–H and O–H groups in total. The zero-order valence-electron chi connectivity index (χ0n) is 12.0. The van der Waals surface area contributed by atoms with E-state index in [0.717, 1.165) is 0 Å². The molecule has 0 atom stereocenters. The number of rotatable bonds is 5. The Morgan fingerprint density at radius 2 is 2.00 bits per heavy atom. The standard InChI is InChI=1S/C14H16N2O5/c1-8-6-10(15-12(18)7-13(19)21-3)4-5-11(8)14(16-20)9(2)17/h4-6,20H,7H2,1-3H3,(H,15,18)/b16-14+. The van der Waals surface area contributed by atoms with Gasteiger partial charge in [0.25, 0.3) is 0 Å². The fraction of sp³-hybridized carbons (Fsp3) is 0.286. The van der Waals surface area contributed by atoms with Crippen molar-refractivity contribution in [3.05, 3.63) is 29.3 Å². The summed E-state index contributed by atoms with van der Waals surface area (Å²) in [6.07, 6.45) is -0.381. The van der Waals surface area contributed by atoms with E-state index in [2.05, 4.69) is 15.2 Å². The first-order chi connectivity index (χ1) is 9.88. The first kappa shape index (κ1) is 16.4. The van der Waals surface area contributed by atoms with Gasteiger partial charge in [-0.15, -0.1) is 0 Å². The van der Waals surface area contributed by atoms with Gasteiger partial charge in [-0.05, 0) is 24.6 Å². The lowest BCUT2D eigenvalue weighted by molar-refractivity contribution is -0.142. The number of ether oxygens (including phenoxy) is 1. The van der Waals surface area contributed by atoms with Crippen molar-refractivity contribution in [2.45, 2.75) is 20.3 Å². The van der Waals surface area contributed by atoms with Gasteiger partial charge in [-0.3, -0.25) is 14.4 Å². The maximum Gasteiger partial charge on any atom is 0.315 e. The van der Waals surface area contributed by atoms with Crippen LogP contribution in [0.15, 0.2) is 23.4 Å². The zero-order valence-corrected chi connectivity index (χ0v) is 12.0. The van der Waals surface area contributed by atoms with Crippen LogP contribution in [0.2, 0.25) is 0 Å². The SMILES string of the molecule is COC(=O)CC(=O)Nc1ccc(/C(=N/O)C(C)=O)c(C)c1. The molecule has 0 bridgehead atoms. The molecule has 0 aliphatic heterocycles. The molecule has 0 spiro atoms. The highest BCUT2D eigenvalue weighted by Crippen LogP contribution is 2.17. The van der Waals surface area contributed by atoms with Crippen LogP contribution < -0.4 is 5.32 Å². The Balaban J connectivity index is 2.91. The van der Waals surface area contributed by atoms with Crippen molar-refractivity contribution >= 4 is 29.1 Å². The molecule has 0 radical (unpaired) electrons. The first-order valence-electron chi connectivity index (χ1n) is 6.09. The van der Waals surface area contributed by atoms with Gasteiger partial charge in [-0.2, -0.15) is 0 Å². The van der Waals surface area contributed by atoms with Crippen molar-refractivity contribution in [3.63, 3.8) is 0 Å². The number of esters is 1. The van der Waals surface area contributed by atoms with Crippen LogP contribution >= 0.6 is 0 Å². The third-order valence-electron chi connectivity index (χ3n) is 2.73. The highest BCUT2D eigenvalue weighted by atomic mass is 16.5. The Bertz CT molecular complexity index is 607. The molecule has 7 nitrogen and oxygen atoms in total. The number of anilines is 1. The lowest BCUT2D eigenvalue weighted by atomic mass is 10.0. The van der Waals surface area contributed by atoms with Crippen LogP contribution in [0.25, 0.3) is 0 Å². The second-order valence-electron chi connectivity index (χ2n) is 4.34. The molecule has 7 heteroatoms. The summed E-state index contributed by atoms with van der Waals surface area (Å²) in [6, 6.07) is 4.71. The Labute approximate surface area is 121 Å². The number of hydrogen-bond acceptors (Lipinski definition) is 6. The smallest absolute Gasteiger partial charge is 0.315 e. The molecule has 1 aromatic carbocycles. The topological polar surface area (TPSA) is 105 Å². The van der Waals surface area contributed by atoms with E-state index in [1.807, 2.05) is 0 Å². The Hall–Kier alpha value is -2.70. The van der Waals surface area contributed by atoms with Crippen LogP contribution in [0, 0.1) is 6.92 Å². The molecule has 0 heterocycles. The number of oxime groups is 1. The lowest BCUT2D eigenvalue weighted by Gasteiger charge is -2.09. The molecule has 0 fully saturated rings. The lowest BCUT2D eigenvalue weighted by Crippen LogP contribution is -2.18. The van der Waals surface area contributed by atoms with Crippen LogP contribution in [-0.2, 0) is 19.1 Å². The number of Topliss-reactive ketones (excluding diaryl/α,β-unsaturated/α-hetero) is 1. The van der Waals surface area contributed by atoms with Gasteiger partial charge < -0.3 is 15.3 Å². The summed E-state index contributed by atoms with van der Waals surface area (Å²) >= 11 is 0. The van der Waals surface area contributed by atoms with Crippen LogP contribution in [0.1, 0.15) is 24.5 Å². The molecule has 0 aliphatic rings. The van der Waals surface area contributed by atoms with Gasteiger partial charge in [0.1, 0.15) is 6.42 Å². The number of hydrogen-bond donors (Lipinski definition) is 2. The second-order valence-corrected chi connectivity index (χ2v) is 4.34. The largest absolute Gasteiger partial charge is 0.469 e. The molecule has 0 aliphatic carbocycles. The maximum atomic E-state index is 11.5. The number of benzene rings is 1. The Kier molecular flexibility index (Phi) is 5.59. The van der Waals surface area contributed by atoms with Crippen molar-refractivity contribution in [2.24, 2.45) is 5.16 Å². The van der Waals surface area contributed by atoms with Crippen LogP contribution in [0.5, 0.6) is 0 Å². The Morgan fingerprint density at radius 3 is 2.48 bits per heavy atom. The van der Waals surface area contributed by atoms with E-state index >= 15 is 0 Å². The van der Waals surface area contributed by atoms with E-state index < -0.39 is 11.9 Å². The monoisotopic (exact) mass is 292 g/mol. The fourth-order valence-electron chi connectivity index (χ4n) is 1.73. The second kappa shape index (κ2) is 7.18. The van der Waals surface area contributed by atoms with Crippen molar-refractivity contribution in [1.82, 2.24) is 0 Å². The van der Waals surface area contributed by atoms with E-state index in [-0.39, 0.29) is 17.9 Å². The first-order valence-corrected chi connectivity index (χ1v) is 6.09. The molecule has 21 heavy (non-hydrogen) atoms. The third kappa shape index (κ3) is 4.41.